The number of aryl methyl sites for hydroxylation is 1. The second-order valence-electron chi connectivity index (χ2n) is 6.19. The molecule has 2 fully saturated rings. The number of aromatic nitrogens is 2. The lowest BCUT2D eigenvalue weighted by atomic mass is 9.87. The predicted molar refractivity (Wildman–Crippen MR) is 86.9 cm³/mol. The second-order valence-corrected chi connectivity index (χ2v) is 7.70. The van der Waals surface area contributed by atoms with Crippen molar-refractivity contribution in [1.82, 2.24) is 9.55 Å². The molecule has 0 aromatic carbocycles. The summed E-state index contributed by atoms with van der Waals surface area (Å²) in [4.78, 5) is 25.8. The fraction of sp³-hybridized carbons (Fsp3) is 0.714. The number of nitrogen functional groups attached to an aromatic ring is 1. The van der Waals surface area contributed by atoms with Crippen molar-refractivity contribution in [2.24, 2.45) is 0 Å². The number of hydrogen-bond acceptors (Lipinski definition) is 8. The van der Waals surface area contributed by atoms with Crippen LogP contribution in [0.5, 0.6) is 0 Å². The Kier molecular flexibility index (Phi) is 4.78. The Bertz CT molecular complexity index is 769. The third-order valence-corrected chi connectivity index (χ3v) is 5.77. The topological polar surface area (TPSA) is 135 Å². The van der Waals surface area contributed by atoms with Crippen molar-refractivity contribution in [1.29, 1.82) is 0 Å². The Morgan fingerprint density at radius 1 is 1.60 bits per heavy atom. The first-order valence-corrected chi connectivity index (χ1v) is 9.44. The number of rotatable bonds is 5. The molecule has 0 aliphatic carbocycles. The molecule has 4 unspecified atom stereocenters. The van der Waals surface area contributed by atoms with Crippen molar-refractivity contribution in [2.45, 2.75) is 50.7 Å². The summed E-state index contributed by atoms with van der Waals surface area (Å²) in [7, 11) is -3.18. The maximum Gasteiger partial charge on any atom is 0.472 e. The molecule has 0 amide bonds. The minimum Gasteiger partial charge on any atom is -0.383 e. The third kappa shape index (κ3) is 3.14. The summed E-state index contributed by atoms with van der Waals surface area (Å²) in [5.74, 6) is 0.139. The van der Waals surface area contributed by atoms with E-state index in [0.29, 0.717) is 25.0 Å². The van der Waals surface area contributed by atoms with Crippen molar-refractivity contribution < 1.29 is 28.0 Å². The smallest absolute Gasteiger partial charge is 0.383 e. The first-order chi connectivity index (χ1) is 11.7. The molecule has 1 aromatic rings. The van der Waals surface area contributed by atoms with Crippen LogP contribution in [0.3, 0.4) is 0 Å². The Labute approximate surface area is 144 Å². The Balaban J connectivity index is 2.02. The number of phosphoric acid groups is 1. The number of fused-ring (bicyclic) bond motifs is 2. The van der Waals surface area contributed by atoms with Gasteiger partial charge >= 0.3 is 13.5 Å². The monoisotopic (exact) mass is 375 g/mol. The van der Waals surface area contributed by atoms with Crippen LogP contribution in [0.25, 0.3) is 0 Å². The molecule has 2 aliphatic heterocycles. The number of anilines is 1. The van der Waals surface area contributed by atoms with Gasteiger partial charge in [-0.15, -0.1) is 0 Å². The summed E-state index contributed by atoms with van der Waals surface area (Å²) in [6, 6.07) is 0. The first kappa shape index (κ1) is 18.5. The van der Waals surface area contributed by atoms with Gasteiger partial charge in [0.15, 0.2) is 6.23 Å². The molecule has 10 nitrogen and oxygen atoms in total. The van der Waals surface area contributed by atoms with E-state index in [0.717, 1.165) is 7.11 Å². The largest absolute Gasteiger partial charge is 0.472 e. The molecule has 1 aromatic heterocycles. The van der Waals surface area contributed by atoms with Crippen LogP contribution in [-0.4, -0.2) is 46.0 Å². The minimum absolute atomic E-state index is 0.139. The van der Waals surface area contributed by atoms with E-state index in [1.807, 2.05) is 6.92 Å². The van der Waals surface area contributed by atoms with E-state index >= 15 is 0 Å². The van der Waals surface area contributed by atoms with Crippen LogP contribution in [0.15, 0.2) is 11.0 Å². The number of nitrogens with two attached hydrogens (primary N) is 1. The van der Waals surface area contributed by atoms with Crippen molar-refractivity contribution in [3.05, 3.63) is 22.2 Å². The molecule has 0 spiro atoms. The van der Waals surface area contributed by atoms with E-state index in [2.05, 4.69) is 9.51 Å². The van der Waals surface area contributed by atoms with Crippen LogP contribution >= 0.6 is 7.82 Å². The van der Waals surface area contributed by atoms with Gasteiger partial charge in [-0.25, -0.2) is 9.36 Å². The third-order valence-electron chi connectivity index (χ3n) is 4.81. The maximum absolute atomic E-state index is 12.3. The van der Waals surface area contributed by atoms with E-state index in [-0.39, 0.29) is 5.82 Å². The van der Waals surface area contributed by atoms with E-state index in [4.69, 9.17) is 19.7 Å². The number of nitrogens with zero attached hydrogens (tertiary/aromatic N) is 2. The quantitative estimate of drug-likeness (QED) is 0.714. The van der Waals surface area contributed by atoms with E-state index < -0.39 is 37.5 Å². The van der Waals surface area contributed by atoms with Gasteiger partial charge in [0.05, 0.1) is 6.61 Å². The van der Waals surface area contributed by atoms with Gasteiger partial charge in [0.25, 0.3) is 0 Å². The zero-order valence-corrected chi connectivity index (χ0v) is 15.1. The molecule has 3 heterocycles. The maximum atomic E-state index is 12.3. The summed E-state index contributed by atoms with van der Waals surface area (Å²) in [6.07, 6.45) is 0.0380. The molecule has 0 radical (unpaired) electrons. The summed E-state index contributed by atoms with van der Waals surface area (Å²) in [5.41, 5.74) is 4.83. The zero-order chi connectivity index (χ0) is 18.4. The highest BCUT2D eigenvalue weighted by molar-refractivity contribution is 7.47. The molecule has 2 saturated heterocycles. The predicted octanol–water partition coefficient (Wildman–Crippen LogP) is 0.732. The van der Waals surface area contributed by atoms with Gasteiger partial charge in [0.1, 0.15) is 23.6 Å². The average molecular weight is 375 g/mol. The van der Waals surface area contributed by atoms with Gasteiger partial charge < -0.3 is 20.1 Å². The summed E-state index contributed by atoms with van der Waals surface area (Å²) >= 11 is 0. The number of phosphoric ester groups is 1. The van der Waals surface area contributed by atoms with E-state index in [9.17, 15) is 14.3 Å². The summed E-state index contributed by atoms with van der Waals surface area (Å²) in [5, 5.41) is 0. The lowest BCUT2D eigenvalue weighted by Gasteiger charge is -2.37. The Hall–Kier alpha value is -1.29. The standard InChI is InChI=1S/C14H22N3O7P/c1-4-14-5-6-22-9(10(14)24-25(19,20)21-3)12(23-14)17-7-8(2)11(15)16-13(17)18/h7,9-10,12H,4-6H2,1-3H3,(H,19,20)(H2,15,16,18)/t9?,10?,12?,14-/m0/s1. The molecule has 0 saturated carbocycles. The zero-order valence-electron chi connectivity index (χ0n) is 14.2. The van der Waals surface area contributed by atoms with Crippen LogP contribution < -0.4 is 11.4 Å². The molecular formula is C14H22N3O7P. The molecule has 5 atom stereocenters. The number of hydrogen-bond donors (Lipinski definition) is 2. The highest BCUT2D eigenvalue weighted by Crippen LogP contribution is 2.54. The van der Waals surface area contributed by atoms with E-state index in [1.54, 1.807) is 6.92 Å². The first-order valence-electron chi connectivity index (χ1n) is 7.94. The molecule has 2 bridgehead atoms. The van der Waals surface area contributed by atoms with Gasteiger partial charge in [-0.2, -0.15) is 4.98 Å². The number of ether oxygens (including phenoxy) is 2. The SMILES string of the molecule is CC[C@@]12CCOC(C(n3cc(C)c(N)nc3=O)O1)C2OP(=O)(O)OC. The highest BCUT2D eigenvalue weighted by Gasteiger charge is 2.60. The average Bonchev–Trinajstić information content (AvgIpc) is 2.73. The molecule has 25 heavy (non-hydrogen) atoms. The molecule has 140 valence electrons. The molecule has 3 N–H and O–H groups in total. The fourth-order valence-corrected chi connectivity index (χ4v) is 4.03. The molecule has 2 aliphatic rings. The van der Waals surface area contributed by atoms with Crippen molar-refractivity contribution in [3.8, 4) is 0 Å². The van der Waals surface area contributed by atoms with Crippen LogP contribution in [0.4, 0.5) is 5.82 Å². The molecule has 11 heteroatoms. The second kappa shape index (κ2) is 6.46. The van der Waals surface area contributed by atoms with Crippen molar-refractivity contribution >= 4 is 13.6 Å². The Morgan fingerprint density at radius 3 is 2.96 bits per heavy atom. The molecular weight excluding hydrogens is 353 g/mol. The highest BCUT2D eigenvalue weighted by atomic mass is 31.2. The van der Waals surface area contributed by atoms with Crippen molar-refractivity contribution in [3.63, 3.8) is 0 Å². The minimum atomic E-state index is -4.26. The van der Waals surface area contributed by atoms with Gasteiger partial charge in [0, 0.05) is 25.3 Å². The van der Waals surface area contributed by atoms with Crippen LogP contribution in [-0.2, 0) is 23.1 Å². The summed E-state index contributed by atoms with van der Waals surface area (Å²) in [6.45, 7) is 3.98. The van der Waals surface area contributed by atoms with Crippen LogP contribution in [0, 0.1) is 6.92 Å². The van der Waals surface area contributed by atoms with E-state index in [1.165, 1.54) is 10.8 Å². The fourth-order valence-electron chi connectivity index (χ4n) is 3.34. The lowest BCUT2D eigenvalue weighted by Crippen LogP contribution is -2.49. The normalized spacial score (nSPS) is 34.0. The lowest BCUT2D eigenvalue weighted by molar-refractivity contribution is -0.120. The van der Waals surface area contributed by atoms with Crippen LogP contribution in [0.1, 0.15) is 31.6 Å². The Morgan fingerprint density at radius 2 is 2.32 bits per heavy atom. The van der Waals surface area contributed by atoms with Gasteiger partial charge in [-0.1, -0.05) is 6.92 Å². The van der Waals surface area contributed by atoms with Gasteiger partial charge in [-0.05, 0) is 13.3 Å². The summed E-state index contributed by atoms with van der Waals surface area (Å²) < 4.78 is 35.0. The molecule has 3 rings (SSSR count). The van der Waals surface area contributed by atoms with Gasteiger partial charge in [-0.3, -0.25) is 13.6 Å². The van der Waals surface area contributed by atoms with Gasteiger partial charge in [0.2, 0.25) is 0 Å². The van der Waals surface area contributed by atoms with Crippen molar-refractivity contribution in [2.75, 3.05) is 19.5 Å². The van der Waals surface area contributed by atoms with Crippen LogP contribution in [0.2, 0.25) is 0 Å².